The maximum atomic E-state index is 9.62. The Morgan fingerprint density at radius 3 is 2.91 bits per heavy atom. The third-order valence-corrected chi connectivity index (χ3v) is 3.73. The zero-order valence-electron chi connectivity index (χ0n) is 12.4. The van der Waals surface area contributed by atoms with Crippen LogP contribution in [0.4, 0.5) is 0 Å². The highest BCUT2D eigenvalue weighted by Crippen LogP contribution is 2.44. The summed E-state index contributed by atoms with van der Waals surface area (Å²) < 4.78 is 11.5. The van der Waals surface area contributed by atoms with Crippen LogP contribution in [0.15, 0.2) is 18.3 Å². The molecule has 0 radical (unpaired) electrons. The number of hydrogen-bond donors (Lipinski definition) is 2. The van der Waals surface area contributed by atoms with Gasteiger partial charge in [0.2, 0.25) is 0 Å². The molecule has 0 amide bonds. The highest BCUT2D eigenvalue weighted by Gasteiger charge is 2.28. The molecule has 1 saturated carbocycles. The van der Waals surface area contributed by atoms with Crippen molar-refractivity contribution in [3.05, 3.63) is 28.9 Å². The van der Waals surface area contributed by atoms with Crippen LogP contribution < -0.4 is 9.47 Å². The topological polar surface area (TPSA) is 91.2 Å². The van der Waals surface area contributed by atoms with E-state index < -0.39 is 0 Å². The fraction of sp³-hybridized carbons (Fsp3) is 0.375. The Labute approximate surface area is 138 Å². The second-order valence-corrected chi connectivity index (χ2v) is 5.67. The van der Waals surface area contributed by atoms with E-state index in [0.29, 0.717) is 46.4 Å². The van der Waals surface area contributed by atoms with Crippen molar-refractivity contribution in [2.45, 2.75) is 25.4 Å². The van der Waals surface area contributed by atoms with E-state index in [4.69, 9.17) is 26.2 Å². The second kappa shape index (κ2) is 6.90. The fourth-order valence-electron chi connectivity index (χ4n) is 2.21. The van der Waals surface area contributed by atoms with E-state index in [-0.39, 0.29) is 12.7 Å². The minimum Gasteiger partial charge on any atom is -0.491 e. The van der Waals surface area contributed by atoms with Crippen LogP contribution in [0.5, 0.6) is 11.5 Å². The second-order valence-electron chi connectivity index (χ2n) is 5.26. The van der Waals surface area contributed by atoms with Crippen LogP contribution in [0.25, 0.3) is 11.3 Å². The molecule has 0 saturated heterocycles. The van der Waals surface area contributed by atoms with Gasteiger partial charge in [-0.1, -0.05) is 11.6 Å². The normalized spacial score (nSPS) is 13.6. The number of ether oxygens (including phenoxy) is 2. The lowest BCUT2D eigenvalue weighted by atomic mass is 10.0. The fourth-order valence-corrected chi connectivity index (χ4v) is 2.46. The van der Waals surface area contributed by atoms with Crippen LogP contribution >= 0.6 is 11.6 Å². The lowest BCUT2D eigenvalue weighted by Crippen LogP contribution is -2.05. The van der Waals surface area contributed by atoms with Gasteiger partial charge in [-0.25, -0.2) is 0 Å². The molecule has 1 heterocycles. The maximum absolute atomic E-state index is 9.62. The average molecular weight is 334 g/mol. The molecule has 0 bridgehead atoms. The number of halogens is 1. The highest BCUT2D eigenvalue weighted by atomic mass is 35.5. The molecule has 2 N–H and O–H groups in total. The van der Waals surface area contributed by atoms with E-state index in [0.717, 1.165) is 12.8 Å². The first-order valence-corrected chi connectivity index (χ1v) is 7.79. The zero-order chi connectivity index (χ0) is 16.2. The van der Waals surface area contributed by atoms with Crippen molar-refractivity contribution in [2.24, 2.45) is 0 Å². The first-order chi connectivity index (χ1) is 11.2. The first kappa shape index (κ1) is 15.7. The molecule has 6 nitrogen and oxygen atoms in total. The van der Waals surface area contributed by atoms with Gasteiger partial charge in [0.05, 0.1) is 29.0 Å². The molecule has 7 heteroatoms. The smallest absolute Gasteiger partial charge is 0.148 e. The molecule has 1 aliphatic rings. The van der Waals surface area contributed by atoms with Crippen molar-refractivity contribution >= 4 is 11.6 Å². The number of aliphatic hydroxyl groups is 1. The van der Waals surface area contributed by atoms with Crippen LogP contribution in [0, 0.1) is 11.3 Å². The van der Waals surface area contributed by atoms with Crippen molar-refractivity contribution in [1.29, 1.82) is 5.26 Å². The molecule has 0 spiro atoms. The number of aliphatic hydroxyl groups excluding tert-OH is 1. The number of nitriles is 1. The van der Waals surface area contributed by atoms with Gasteiger partial charge in [0, 0.05) is 25.3 Å². The van der Waals surface area contributed by atoms with Gasteiger partial charge in [-0.15, -0.1) is 0 Å². The number of benzene rings is 1. The molecule has 1 aromatic heterocycles. The van der Waals surface area contributed by atoms with E-state index in [1.807, 2.05) is 0 Å². The number of aromatic nitrogens is 2. The SMILES string of the molecule is N#Cc1c(OC2CC2)cc(Cl)c(OCCCO)c1-c1ccn[nH]1. The number of H-pyrrole nitrogens is 1. The van der Waals surface area contributed by atoms with E-state index in [9.17, 15) is 5.26 Å². The Bertz CT molecular complexity index is 721. The van der Waals surface area contributed by atoms with Crippen LogP contribution in [-0.4, -0.2) is 34.6 Å². The Kier molecular flexibility index (Phi) is 4.70. The van der Waals surface area contributed by atoms with Crippen LogP contribution in [0.2, 0.25) is 5.02 Å². The van der Waals surface area contributed by atoms with E-state index in [1.165, 1.54) is 0 Å². The summed E-state index contributed by atoms with van der Waals surface area (Å²) in [7, 11) is 0. The standard InChI is InChI=1S/C16H16ClN3O3/c17-12-8-14(23-10-2-3-10)11(9-18)15(13-4-5-19-20-13)16(12)22-7-1-6-21/h4-5,8,10,21H,1-3,6-7H2,(H,19,20). The van der Waals surface area contributed by atoms with Crippen LogP contribution in [0.3, 0.4) is 0 Å². The monoisotopic (exact) mass is 333 g/mol. The third-order valence-electron chi connectivity index (χ3n) is 3.45. The van der Waals surface area contributed by atoms with Gasteiger partial charge in [-0.2, -0.15) is 10.4 Å². The number of nitrogens with one attached hydrogen (secondary N) is 1. The molecule has 0 aliphatic heterocycles. The number of hydrogen-bond acceptors (Lipinski definition) is 5. The Balaban J connectivity index is 2.08. The van der Waals surface area contributed by atoms with Crippen LogP contribution in [0.1, 0.15) is 24.8 Å². The van der Waals surface area contributed by atoms with Crippen molar-refractivity contribution in [3.8, 4) is 28.8 Å². The molecule has 1 aromatic carbocycles. The molecule has 0 atom stereocenters. The molecule has 120 valence electrons. The van der Waals surface area contributed by atoms with Crippen molar-refractivity contribution < 1.29 is 14.6 Å². The predicted octanol–water partition coefficient (Wildman–Crippen LogP) is 2.90. The van der Waals surface area contributed by atoms with E-state index in [2.05, 4.69) is 16.3 Å². The van der Waals surface area contributed by atoms with Gasteiger partial charge in [0.25, 0.3) is 0 Å². The first-order valence-electron chi connectivity index (χ1n) is 7.41. The predicted molar refractivity (Wildman–Crippen MR) is 84.6 cm³/mol. The number of aromatic amines is 1. The summed E-state index contributed by atoms with van der Waals surface area (Å²) in [6, 6.07) is 5.54. The molecule has 3 rings (SSSR count). The molecule has 2 aromatic rings. The Morgan fingerprint density at radius 1 is 1.48 bits per heavy atom. The molecule has 23 heavy (non-hydrogen) atoms. The number of rotatable bonds is 7. The summed E-state index contributed by atoms with van der Waals surface area (Å²) in [5.74, 6) is 0.850. The van der Waals surface area contributed by atoms with E-state index in [1.54, 1.807) is 18.3 Å². The van der Waals surface area contributed by atoms with Gasteiger partial charge in [0.15, 0.2) is 0 Å². The van der Waals surface area contributed by atoms with Gasteiger partial charge < -0.3 is 14.6 Å². The highest BCUT2D eigenvalue weighted by molar-refractivity contribution is 6.33. The van der Waals surface area contributed by atoms with Gasteiger partial charge in [0.1, 0.15) is 23.1 Å². The molecular weight excluding hydrogens is 318 g/mol. The summed E-state index contributed by atoms with van der Waals surface area (Å²) in [6.07, 6.45) is 4.18. The maximum Gasteiger partial charge on any atom is 0.148 e. The third kappa shape index (κ3) is 3.41. The molecule has 0 unspecified atom stereocenters. The number of nitrogens with zero attached hydrogens (tertiary/aromatic N) is 2. The largest absolute Gasteiger partial charge is 0.491 e. The average Bonchev–Trinajstić information content (AvgIpc) is 3.19. The minimum absolute atomic E-state index is 0.0188. The zero-order valence-corrected chi connectivity index (χ0v) is 13.1. The minimum atomic E-state index is 0.0188. The van der Waals surface area contributed by atoms with Crippen LogP contribution in [-0.2, 0) is 0 Å². The summed E-state index contributed by atoms with van der Waals surface area (Å²) in [4.78, 5) is 0. The molecule has 1 fully saturated rings. The quantitative estimate of drug-likeness (QED) is 0.760. The lowest BCUT2D eigenvalue weighted by molar-refractivity contribution is 0.233. The van der Waals surface area contributed by atoms with Gasteiger partial charge in [-0.05, 0) is 18.9 Å². The van der Waals surface area contributed by atoms with Gasteiger partial charge >= 0.3 is 0 Å². The van der Waals surface area contributed by atoms with Crippen molar-refractivity contribution in [1.82, 2.24) is 10.2 Å². The molecule has 1 aliphatic carbocycles. The summed E-state index contributed by atoms with van der Waals surface area (Å²) in [5, 5.41) is 25.7. The Morgan fingerprint density at radius 2 is 2.30 bits per heavy atom. The van der Waals surface area contributed by atoms with E-state index >= 15 is 0 Å². The summed E-state index contributed by atoms with van der Waals surface area (Å²) in [5.41, 5.74) is 1.53. The van der Waals surface area contributed by atoms with Gasteiger partial charge in [-0.3, -0.25) is 5.10 Å². The van der Waals surface area contributed by atoms with Crippen molar-refractivity contribution in [3.63, 3.8) is 0 Å². The summed E-state index contributed by atoms with van der Waals surface area (Å²) in [6.45, 7) is 0.316. The lowest BCUT2D eigenvalue weighted by Gasteiger charge is -2.17. The Hall–Kier alpha value is -2.23. The summed E-state index contributed by atoms with van der Waals surface area (Å²) >= 11 is 6.35. The molecular formula is C16H16ClN3O3. The van der Waals surface area contributed by atoms with Crippen molar-refractivity contribution in [2.75, 3.05) is 13.2 Å².